The first-order valence-corrected chi connectivity index (χ1v) is 17.9. The smallest absolute Gasteiger partial charge is 0.148 e. The summed E-state index contributed by atoms with van der Waals surface area (Å²) < 4.78 is 2.16. The monoisotopic (exact) mass is 871 g/mol. The van der Waals surface area contributed by atoms with Crippen LogP contribution in [0.1, 0.15) is 48.6 Å². The van der Waals surface area contributed by atoms with Crippen molar-refractivity contribution in [2.45, 2.75) is 53.9 Å². The van der Waals surface area contributed by atoms with Crippen LogP contribution in [0.3, 0.4) is 0 Å². The van der Waals surface area contributed by atoms with E-state index in [9.17, 15) is 5.11 Å². The molecule has 0 saturated heterocycles. The molecule has 0 amide bonds. The van der Waals surface area contributed by atoms with Gasteiger partial charge in [0.2, 0.25) is 0 Å². The maximum absolute atomic E-state index is 11.1. The summed E-state index contributed by atoms with van der Waals surface area (Å²) in [7, 11) is 0. The Morgan fingerprint density at radius 2 is 1.30 bits per heavy atom. The Hall–Kier alpha value is -5.31. The molecule has 53 heavy (non-hydrogen) atoms. The van der Waals surface area contributed by atoms with Crippen LogP contribution < -0.4 is 0 Å². The molecular formula is C48H42N3OPt-. The molecule has 266 valence electrons. The second-order valence-electron chi connectivity index (χ2n) is 15.1. The Bertz CT molecular complexity index is 2640. The van der Waals surface area contributed by atoms with Gasteiger partial charge in [-0.05, 0) is 102 Å². The summed E-state index contributed by atoms with van der Waals surface area (Å²) in [4.78, 5) is 10.2. The van der Waals surface area contributed by atoms with E-state index >= 15 is 0 Å². The molecule has 0 atom stereocenters. The van der Waals surface area contributed by atoms with Crippen LogP contribution in [0.5, 0.6) is 5.75 Å². The van der Waals surface area contributed by atoms with E-state index in [1.807, 2.05) is 30.5 Å². The summed E-state index contributed by atoms with van der Waals surface area (Å²) in [5.74, 6) is 0.873. The number of hydrogen-bond donors (Lipinski definition) is 1. The SMILES string of the molecule is Cc1cc(-c2cc(-c3c(C)cc(C)cc3C)cc3cccnc23)[c-]c(-c2cccc3c2nc(-c2ccccc2O)n3-c2ccc(C(C)(C)C)cc2)c1.[Pt]. The van der Waals surface area contributed by atoms with E-state index in [-0.39, 0.29) is 32.2 Å². The number of nitrogens with zero attached hydrogens (tertiary/aromatic N) is 3. The summed E-state index contributed by atoms with van der Waals surface area (Å²) in [6.07, 6.45) is 1.87. The molecule has 2 aromatic heterocycles. The summed E-state index contributed by atoms with van der Waals surface area (Å²) >= 11 is 0. The fourth-order valence-corrected chi connectivity index (χ4v) is 7.71. The molecule has 0 aliphatic carbocycles. The van der Waals surface area contributed by atoms with Crippen molar-refractivity contribution in [1.82, 2.24) is 14.5 Å². The zero-order valence-corrected chi connectivity index (χ0v) is 33.4. The average Bonchev–Trinajstić information content (AvgIpc) is 3.50. The van der Waals surface area contributed by atoms with E-state index < -0.39 is 0 Å². The number of benzene rings is 6. The van der Waals surface area contributed by atoms with Crippen molar-refractivity contribution in [2.24, 2.45) is 0 Å². The number of imidazole rings is 1. The Balaban J connectivity index is 0.00000435. The van der Waals surface area contributed by atoms with Crippen LogP contribution in [-0.4, -0.2) is 19.6 Å². The summed E-state index contributed by atoms with van der Waals surface area (Å²) in [6, 6.07) is 43.8. The number of pyridine rings is 1. The molecule has 1 N–H and O–H groups in total. The predicted octanol–water partition coefficient (Wildman–Crippen LogP) is 12.3. The molecule has 4 nitrogen and oxygen atoms in total. The number of rotatable bonds is 5. The van der Waals surface area contributed by atoms with Crippen molar-refractivity contribution >= 4 is 21.9 Å². The van der Waals surface area contributed by atoms with Crippen LogP contribution in [0.4, 0.5) is 0 Å². The van der Waals surface area contributed by atoms with Crippen LogP contribution >= 0.6 is 0 Å². The van der Waals surface area contributed by atoms with E-state index in [0.717, 1.165) is 55.4 Å². The first-order chi connectivity index (χ1) is 25.0. The Morgan fingerprint density at radius 1 is 0.642 bits per heavy atom. The number of para-hydroxylation sites is 2. The van der Waals surface area contributed by atoms with Crippen molar-refractivity contribution in [2.75, 3.05) is 0 Å². The maximum atomic E-state index is 11.1. The quantitative estimate of drug-likeness (QED) is 0.175. The van der Waals surface area contributed by atoms with E-state index in [2.05, 4.69) is 144 Å². The molecule has 8 aromatic rings. The molecule has 0 radical (unpaired) electrons. The van der Waals surface area contributed by atoms with Crippen molar-refractivity contribution in [3.8, 4) is 56.2 Å². The van der Waals surface area contributed by atoms with Crippen LogP contribution in [0.25, 0.3) is 72.4 Å². The molecule has 0 bridgehead atoms. The van der Waals surface area contributed by atoms with Gasteiger partial charge in [0, 0.05) is 38.5 Å². The second kappa shape index (κ2) is 13.9. The first kappa shape index (κ1) is 36.1. The summed E-state index contributed by atoms with van der Waals surface area (Å²) in [6.45, 7) is 15.4. The zero-order chi connectivity index (χ0) is 36.3. The van der Waals surface area contributed by atoms with Gasteiger partial charge in [-0.25, -0.2) is 4.98 Å². The van der Waals surface area contributed by atoms with Crippen molar-refractivity contribution in [1.29, 1.82) is 0 Å². The van der Waals surface area contributed by atoms with Gasteiger partial charge in [-0.2, -0.15) is 0 Å². The third-order valence-electron chi connectivity index (χ3n) is 10.1. The summed E-state index contributed by atoms with van der Waals surface area (Å²) in [5, 5.41) is 12.2. The largest absolute Gasteiger partial charge is 0.507 e. The molecule has 0 saturated carbocycles. The molecule has 6 aromatic carbocycles. The van der Waals surface area contributed by atoms with Crippen molar-refractivity contribution in [3.63, 3.8) is 0 Å². The second-order valence-corrected chi connectivity index (χ2v) is 15.1. The average molecular weight is 872 g/mol. The van der Waals surface area contributed by atoms with E-state index in [0.29, 0.717) is 11.4 Å². The molecule has 8 rings (SSSR count). The predicted molar refractivity (Wildman–Crippen MR) is 216 cm³/mol. The molecule has 0 aliphatic heterocycles. The topological polar surface area (TPSA) is 50.9 Å². The Morgan fingerprint density at radius 3 is 2.00 bits per heavy atom. The number of aromatic hydroxyl groups is 1. The molecule has 0 fully saturated rings. The minimum Gasteiger partial charge on any atom is -0.507 e. The molecular weight excluding hydrogens is 830 g/mol. The van der Waals surface area contributed by atoms with Gasteiger partial charge in [-0.15, -0.1) is 34.9 Å². The van der Waals surface area contributed by atoms with Gasteiger partial charge in [-0.3, -0.25) is 9.55 Å². The van der Waals surface area contributed by atoms with E-state index in [4.69, 9.17) is 9.97 Å². The number of aromatic nitrogens is 3. The first-order valence-electron chi connectivity index (χ1n) is 17.9. The molecule has 0 unspecified atom stereocenters. The zero-order valence-electron chi connectivity index (χ0n) is 31.2. The van der Waals surface area contributed by atoms with Gasteiger partial charge < -0.3 is 5.11 Å². The van der Waals surface area contributed by atoms with Crippen molar-refractivity contribution < 1.29 is 26.2 Å². The number of fused-ring (bicyclic) bond motifs is 2. The number of phenols is 1. The minimum atomic E-state index is 0. The van der Waals surface area contributed by atoms with E-state index in [1.54, 1.807) is 6.07 Å². The van der Waals surface area contributed by atoms with Crippen molar-refractivity contribution in [3.05, 3.63) is 155 Å². The van der Waals surface area contributed by atoms with Gasteiger partial charge in [0.05, 0.1) is 16.6 Å². The van der Waals surface area contributed by atoms with Gasteiger partial charge in [0.1, 0.15) is 11.6 Å². The molecule has 2 heterocycles. The van der Waals surface area contributed by atoms with Crippen LogP contribution in [0.2, 0.25) is 0 Å². The third kappa shape index (κ3) is 6.62. The van der Waals surface area contributed by atoms with Crippen LogP contribution in [-0.2, 0) is 26.5 Å². The van der Waals surface area contributed by atoms with E-state index in [1.165, 1.54) is 33.4 Å². The van der Waals surface area contributed by atoms with Crippen LogP contribution in [0, 0.1) is 33.8 Å². The Labute approximate surface area is 326 Å². The maximum Gasteiger partial charge on any atom is 0.148 e. The van der Waals surface area contributed by atoms with Gasteiger partial charge in [0.25, 0.3) is 0 Å². The number of hydrogen-bond acceptors (Lipinski definition) is 3. The number of aryl methyl sites for hydroxylation is 4. The summed E-state index contributed by atoms with van der Waals surface area (Å²) in [5.41, 5.74) is 17.0. The fraction of sp³-hybridized carbons (Fsp3) is 0.167. The standard InChI is InChI=1S/C48H42N3O.Pt/c1-29-22-31(3)44(32(4)23-29)36-26-33-12-11-21-49-45(33)41(28-36)35-25-30(2)24-34(27-35)39-14-10-15-42-46(39)50-47(40-13-8-9-16-43(40)52)51(42)38-19-17-37(18-20-38)48(5,6)7;/h8-26,28,52H,1-7H3;/q-1;. The minimum absolute atomic E-state index is 0. The third-order valence-corrected chi connectivity index (χ3v) is 10.1. The van der Waals surface area contributed by atoms with Gasteiger partial charge in [-0.1, -0.05) is 105 Å². The van der Waals surface area contributed by atoms with Gasteiger partial charge >= 0.3 is 0 Å². The molecule has 0 aliphatic rings. The fourth-order valence-electron chi connectivity index (χ4n) is 7.71. The van der Waals surface area contributed by atoms with Crippen LogP contribution in [0.15, 0.2) is 121 Å². The molecule has 0 spiro atoms. The number of phenolic OH excluding ortho intramolecular Hbond substituents is 1. The Kier molecular flexibility index (Phi) is 9.47. The van der Waals surface area contributed by atoms with Gasteiger partial charge in [0.15, 0.2) is 0 Å². The normalized spacial score (nSPS) is 11.6. The molecule has 5 heteroatoms.